The minimum absolute atomic E-state index is 0.00968. The number of amides is 2. The van der Waals surface area contributed by atoms with E-state index in [-0.39, 0.29) is 35.0 Å². The second kappa shape index (κ2) is 10.6. The lowest BCUT2D eigenvalue weighted by molar-refractivity contribution is -0.127. The predicted molar refractivity (Wildman–Crippen MR) is 140 cm³/mol. The van der Waals surface area contributed by atoms with Gasteiger partial charge in [-0.1, -0.05) is 99.9 Å². The van der Waals surface area contributed by atoms with E-state index in [1.54, 1.807) is 0 Å². The van der Waals surface area contributed by atoms with Crippen LogP contribution in [0.15, 0.2) is 60.7 Å². The molecule has 2 rings (SSSR count). The van der Waals surface area contributed by atoms with Crippen LogP contribution >= 0.6 is 0 Å². The van der Waals surface area contributed by atoms with Gasteiger partial charge in [-0.3, -0.25) is 9.59 Å². The Morgan fingerprint density at radius 3 is 1.12 bits per heavy atom. The van der Waals surface area contributed by atoms with Crippen molar-refractivity contribution < 1.29 is 9.59 Å². The van der Waals surface area contributed by atoms with E-state index in [1.807, 2.05) is 74.5 Å². The molecule has 0 radical (unpaired) electrons. The van der Waals surface area contributed by atoms with Crippen molar-refractivity contribution in [1.82, 2.24) is 10.6 Å². The SMILES string of the molecule is C[C@@H](NC(=O)[C@H]([C@H](C(=O)N[C@H](C)c1ccccc1)[Si](C)(C)C)[Si](C)(C)C)c1ccccc1. The van der Waals surface area contributed by atoms with Crippen LogP contribution in [-0.4, -0.2) is 28.0 Å². The zero-order valence-electron chi connectivity index (χ0n) is 20.9. The molecule has 2 amide bonds. The van der Waals surface area contributed by atoms with Crippen molar-refractivity contribution >= 4 is 28.0 Å². The van der Waals surface area contributed by atoms with Crippen LogP contribution in [-0.2, 0) is 9.59 Å². The minimum Gasteiger partial charge on any atom is -0.350 e. The number of benzene rings is 2. The fourth-order valence-electron chi connectivity index (χ4n) is 4.35. The summed E-state index contributed by atoms with van der Waals surface area (Å²) in [5.41, 5.74) is 1.57. The van der Waals surface area contributed by atoms with Gasteiger partial charge in [0.25, 0.3) is 0 Å². The second-order valence-corrected chi connectivity index (χ2v) is 21.7. The van der Waals surface area contributed by atoms with Crippen LogP contribution < -0.4 is 10.6 Å². The summed E-state index contributed by atoms with van der Waals surface area (Å²) >= 11 is 0. The third-order valence-electron chi connectivity index (χ3n) is 6.08. The lowest BCUT2D eigenvalue weighted by Gasteiger charge is -2.41. The highest BCUT2D eigenvalue weighted by Gasteiger charge is 2.49. The normalized spacial score (nSPS) is 15.9. The first kappa shape index (κ1) is 26.1. The average molecular weight is 469 g/mol. The maximum absolute atomic E-state index is 13.7. The van der Waals surface area contributed by atoms with Gasteiger partial charge in [-0.2, -0.15) is 0 Å². The molecule has 0 saturated heterocycles. The Kier molecular flexibility index (Phi) is 8.65. The number of hydrogen-bond acceptors (Lipinski definition) is 2. The van der Waals surface area contributed by atoms with Crippen molar-refractivity contribution in [2.24, 2.45) is 0 Å². The van der Waals surface area contributed by atoms with Crippen LogP contribution in [0.2, 0.25) is 50.4 Å². The van der Waals surface area contributed by atoms with Crippen molar-refractivity contribution in [3.8, 4) is 0 Å². The maximum atomic E-state index is 13.7. The topological polar surface area (TPSA) is 58.2 Å². The van der Waals surface area contributed by atoms with E-state index in [1.165, 1.54) is 0 Å². The smallest absolute Gasteiger partial charge is 0.221 e. The summed E-state index contributed by atoms with van der Waals surface area (Å²) in [6.45, 7) is 17.2. The molecule has 0 heterocycles. The molecule has 2 aromatic rings. The second-order valence-electron chi connectivity index (χ2n) is 11.0. The molecule has 2 N–H and O–H groups in total. The first-order chi connectivity index (χ1) is 14.8. The fourth-order valence-corrected chi connectivity index (χ4v) is 11.4. The summed E-state index contributed by atoms with van der Waals surface area (Å²) in [5, 5.41) is 6.47. The molecule has 0 saturated carbocycles. The molecule has 32 heavy (non-hydrogen) atoms. The van der Waals surface area contributed by atoms with Crippen molar-refractivity contribution in [3.05, 3.63) is 71.8 Å². The quantitative estimate of drug-likeness (QED) is 0.433. The van der Waals surface area contributed by atoms with E-state index in [2.05, 4.69) is 49.9 Å². The van der Waals surface area contributed by atoms with E-state index in [9.17, 15) is 9.59 Å². The summed E-state index contributed by atoms with van der Waals surface area (Å²) < 4.78 is 0. The van der Waals surface area contributed by atoms with Crippen LogP contribution in [0.4, 0.5) is 0 Å². The third kappa shape index (κ3) is 6.91. The number of hydrogen-bond donors (Lipinski definition) is 2. The van der Waals surface area contributed by atoms with E-state index in [4.69, 9.17) is 0 Å². The van der Waals surface area contributed by atoms with Gasteiger partial charge < -0.3 is 10.6 Å². The lowest BCUT2D eigenvalue weighted by atomic mass is 10.1. The molecular formula is C26H40N2O2Si2. The van der Waals surface area contributed by atoms with Gasteiger partial charge >= 0.3 is 0 Å². The van der Waals surface area contributed by atoms with Gasteiger partial charge in [0.2, 0.25) is 11.8 Å². The molecule has 0 unspecified atom stereocenters. The van der Waals surface area contributed by atoms with Gasteiger partial charge in [0.05, 0.1) is 28.2 Å². The fraction of sp³-hybridized carbons (Fsp3) is 0.462. The molecule has 0 bridgehead atoms. The highest BCUT2D eigenvalue weighted by atomic mass is 28.3. The average Bonchev–Trinajstić information content (AvgIpc) is 2.71. The zero-order valence-corrected chi connectivity index (χ0v) is 22.9. The van der Waals surface area contributed by atoms with Crippen LogP contribution in [0.25, 0.3) is 0 Å². The van der Waals surface area contributed by atoms with Gasteiger partial charge in [-0.15, -0.1) is 0 Å². The Balaban J connectivity index is 2.32. The molecule has 6 heteroatoms. The molecule has 0 fully saturated rings. The largest absolute Gasteiger partial charge is 0.350 e. The van der Waals surface area contributed by atoms with Crippen molar-refractivity contribution in [1.29, 1.82) is 0 Å². The van der Waals surface area contributed by atoms with Crippen molar-refractivity contribution in [2.75, 3.05) is 0 Å². The van der Waals surface area contributed by atoms with Crippen LogP contribution in [0.5, 0.6) is 0 Å². The van der Waals surface area contributed by atoms with Crippen molar-refractivity contribution in [2.45, 2.75) is 76.3 Å². The molecule has 4 atom stereocenters. The Morgan fingerprint density at radius 2 is 0.875 bits per heavy atom. The highest BCUT2D eigenvalue weighted by Crippen LogP contribution is 2.42. The molecule has 4 nitrogen and oxygen atoms in total. The Labute approximate surface area is 196 Å². The van der Waals surface area contributed by atoms with E-state index >= 15 is 0 Å². The summed E-state index contributed by atoms with van der Waals surface area (Å²) in [7, 11) is -4.04. The number of nitrogens with one attached hydrogen (secondary N) is 2. The molecule has 174 valence electrons. The molecule has 2 aromatic carbocycles. The standard InChI is InChI=1S/C26H40N2O2Si2/c1-19(21-15-11-9-12-16-21)27-25(29)23(31(3,4)5)24(32(6,7)8)26(30)28-20(2)22-17-13-10-14-18-22/h9-20,23-24H,1-8H3,(H,27,29)(H,28,30)/t19-,20-,23-,24+/m1/s1. The van der Waals surface area contributed by atoms with Gasteiger partial charge in [0.15, 0.2) is 0 Å². The van der Waals surface area contributed by atoms with Gasteiger partial charge in [0, 0.05) is 11.1 Å². The predicted octanol–water partition coefficient (Wildman–Crippen LogP) is 6.16. The summed E-state index contributed by atoms with van der Waals surface area (Å²) in [6.07, 6.45) is 0. The first-order valence-electron chi connectivity index (χ1n) is 11.5. The maximum Gasteiger partial charge on any atom is 0.221 e. The number of carbonyl (C=O) groups excluding carboxylic acids is 2. The van der Waals surface area contributed by atoms with Crippen LogP contribution in [0, 0.1) is 0 Å². The molecule has 0 aromatic heterocycles. The summed E-state index contributed by atoms with van der Waals surface area (Å²) in [5.74, 6) is 0.0194. The minimum atomic E-state index is -2.02. The monoisotopic (exact) mass is 468 g/mol. The van der Waals surface area contributed by atoms with E-state index in [0.717, 1.165) is 11.1 Å². The van der Waals surface area contributed by atoms with Gasteiger partial charge in [-0.05, 0) is 25.0 Å². The lowest BCUT2D eigenvalue weighted by Crippen LogP contribution is -2.53. The summed E-state index contributed by atoms with van der Waals surface area (Å²) in [4.78, 5) is 27.4. The van der Waals surface area contributed by atoms with Crippen LogP contribution in [0.3, 0.4) is 0 Å². The Hall–Kier alpha value is -2.19. The van der Waals surface area contributed by atoms with E-state index < -0.39 is 16.1 Å². The zero-order chi connectivity index (χ0) is 24.1. The van der Waals surface area contributed by atoms with E-state index in [0.29, 0.717) is 0 Å². The molecular weight excluding hydrogens is 428 g/mol. The highest BCUT2D eigenvalue weighted by molar-refractivity contribution is 6.87. The number of carbonyl (C=O) groups is 2. The van der Waals surface area contributed by atoms with Gasteiger partial charge in [-0.25, -0.2) is 0 Å². The number of rotatable bonds is 9. The Bertz CT molecular complexity index is 814. The molecule has 0 aliphatic heterocycles. The molecule has 0 aliphatic carbocycles. The summed E-state index contributed by atoms with van der Waals surface area (Å²) in [6, 6.07) is 19.8. The molecule has 0 aliphatic rings. The Morgan fingerprint density at radius 1 is 0.594 bits per heavy atom. The third-order valence-corrected chi connectivity index (χ3v) is 11.3. The molecule has 0 spiro atoms. The first-order valence-corrected chi connectivity index (χ1v) is 18.7. The van der Waals surface area contributed by atoms with Gasteiger partial charge in [0.1, 0.15) is 0 Å². The van der Waals surface area contributed by atoms with Crippen LogP contribution in [0.1, 0.15) is 37.1 Å². The van der Waals surface area contributed by atoms with Crippen molar-refractivity contribution in [3.63, 3.8) is 0 Å².